The monoisotopic (exact) mass is 425 g/mol. The van der Waals surface area contributed by atoms with E-state index < -0.39 is 0 Å². The zero-order chi connectivity index (χ0) is 23.1. The molecule has 1 aliphatic heterocycles. The van der Waals surface area contributed by atoms with Gasteiger partial charge in [-0.05, 0) is 38.3 Å². The van der Waals surface area contributed by atoms with Crippen LogP contribution >= 0.6 is 0 Å². The first-order chi connectivity index (χ1) is 14.5. The van der Waals surface area contributed by atoms with Gasteiger partial charge in [-0.15, -0.1) is 0 Å². The number of carbonyl (C=O) groups is 1. The maximum absolute atomic E-state index is 13.2. The second kappa shape index (κ2) is 8.21. The van der Waals surface area contributed by atoms with Gasteiger partial charge in [-0.2, -0.15) is 0 Å². The van der Waals surface area contributed by atoms with Crippen LogP contribution in [-0.2, 0) is 12.0 Å². The van der Waals surface area contributed by atoms with Crippen molar-refractivity contribution < 1.29 is 19.4 Å². The Hall–Kier alpha value is -3.09. The van der Waals surface area contributed by atoms with Crippen LogP contribution in [0.15, 0.2) is 12.1 Å². The summed E-state index contributed by atoms with van der Waals surface area (Å²) < 4.78 is 11.0. The molecule has 0 radical (unpaired) electrons. The summed E-state index contributed by atoms with van der Waals surface area (Å²) in [5.74, 6) is 1.15. The molecule has 0 bridgehead atoms. The molecule has 7 nitrogen and oxygen atoms in total. The van der Waals surface area contributed by atoms with Gasteiger partial charge in [0.2, 0.25) is 0 Å². The summed E-state index contributed by atoms with van der Waals surface area (Å²) in [5.41, 5.74) is 3.96. The van der Waals surface area contributed by atoms with Gasteiger partial charge in [0, 0.05) is 28.8 Å². The third-order valence-electron chi connectivity index (χ3n) is 5.62. The molecule has 0 unspecified atom stereocenters. The lowest BCUT2D eigenvalue weighted by molar-refractivity contribution is 0.0962. The fourth-order valence-electron chi connectivity index (χ4n) is 3.93. The molecule has 7 heteroatoms. The largest absolute Gasteiger partial charge is 0.504 e. The Morgan fingerprint density at radius 1 is 1.29 bits per heavy atom. The molecule has 0 fully saturated rings. The van der Waals surface area contributed by atoms with Gasteiger partial charge in [-0.1, -0.05) is 20.8 Å². The van der Waals surface area contributed by atoms with Crippen molar-refractivity contribution in [2.45, 2.75) is 53.5 Å². The number of rotatable bonds is 6. The number of ether oxygens (including phenoxy) is 2. The van der Waals surface area contributed by atoms with Crippen LogP contribution in [0.2, 0.25) is 0 Å². The zero-order valence-corrected chi connectivity index (χ0v) is 19.3. The van der Waals surface area contributed by atoms with E-state index in [4.69, 9.17) is 14.9 Å². The van der Waals surface area contributed by atoms with E-state index in [1.54, 1.807) is 17.0 Å². The molecule has 2 aromatic rings. The fourth-order valence-corrected chi connectivity index (χ4v) is 3.93. The van der Waals surface area contributed by atoms with Crippen LogP contribution < -0.4 is 9.47 Å². The molecule has 31 heavy (non-hydrogen) atoms. The average Bonchev–Trinajstić information content (AvgIpc) is 3.00. The van der Waals surface area contributed by atoms with E-state index in [1.165, 1.54) is 7.11 Å². The number of aromatic nitrogens is 1. The second-order valence-electron chi connectivity index (χ2n) is 8.86. The van der Waals surface area contributed by atoms with Crippen LogP contribution in [-0.4, -0.2) is 46.9 Å². The highest BCUT2D eigenvalue weighted by molar-refractivity contribution is 6.05. The number of aryl methyl sites for hydroxylation is 1. The number of benzene rings is 1. The zero-order valence-electron chi connectivity index (χ0n) is 19.3. The second-order valence-corrected chi connectivity index (χ2v) is 8.86. The van der Waals surface area contributed by atoms with Crippen LogP contribution in [0, 0.1) is 19.3 Å². The van der Waals surface area contributed by atoms with Crippen molar-refractivity contribution in [1.29, 1.82) is 5.41 Å². The molecule has 2 N–H and O–H groups in total. The van der Waals surface area contributed by atoms with Crippen molar-refractivity contribution in [1.82, 2.24) is 9.88 Å². The molecule has 0 amide bonds. The lowest BCUT2D eigenvalue weighted by Gasteiger charge is -2.23. The van der Waals surface area contributed by atoms with Gasteiger partial charge in [-0.25, -0.2) is 4.98 Å². The lowest BCUT2D eigenvalue weighted by Crippen LogP contribution is -2.30. The van der Waals surface area contributed by atoms with Crippen LogP contribution in [0.1, 0.15) is 66.1 Å². The summed E-state index contributed by atoms with van der Waals surface area (Å²) >= 11 is 0. The molecule has 3 rings (SSSR count). The predicted octanol–water partition coefficient (Wildman–Crippen LogP) is 4.13. The fraction of sp³-hybridized carbons (Fsp3) is 0.458. The Morgan fingerprint density at radius 3 is 2.55 bits per heavy atom. The Kier molecular flexibility index (Phi) is 5.98. The van der Waals surface area contributed by atoms with E-state index in [9.17, 15) is 9.90 Å². The van der Waals surface area contributed by atoms with E-state index in [0.29, 0.717) is 30.0 Å². The number of Topliss-reactive ketones (excluding diaryl/α,β-unsaturated/α-hetero) is 1. The highest BCUT2D eigenvalue weighted by atomic mass is 16.5. The first-order valence-electron chi connectivity index (χ1n) is 10.4. The van der Waals surface area contributed by atoms with Crippen molar-refractivity contribution in [3.05, 3.63) is 45.8 Å². The van der Waals surface area contributed by atoms with E-state index in [0.717, 1.165) is 22.6 Å². The summed E-state index contributed by atoms with van der Waals surface area (Å²) in [4.78, 5) is 19.5. The quantitative estimate of drug-likeness (QED) is 0.676. The molecule has 166 valence electrons. The average molecular weight is 426 g/mol. The number of hydrogen-bond acceptors (Lipinski definition) is 6. The van der Waals surface area contributed by atoms with E-state index in [1.807, 2.05) is 41.5 Å². The number of methoxy groups -OCH3 is 1. The van der Waals surface area contributed by atoms with Gasteiger partial charge in [0.25, 0.3) is 0 Å². The Morgan fingerprint density at radius 2 is 1.97 bits per heavy atom. The first-order valence-corrected chi connectivity index (χ1v) is 10.4. The summed E-state index contributed by atoms with van der Waals surface area (Å²) in [6, 6.07) is 3.27. The molecule has 1 aliphatic rings. The number of ketones is 1. The molecule has 0 aliphatic carbocycles. The van der Waals surface area contributed by atoms with Crippen molar-refractivity contribution in [2.24, 2.45) is 0 Å². The number of nitrogens with one attached hydrogen (secondary N) is 1. The van der Waals surface area contributed by atoms with Crippen LogP contribution in [0.25, 0.3) is 0 Å². The summed E-state index contributed by atoms with van der Waals surface area (Å²) in [6.45, 7) is 12.7. The van der Waals surface area contributed by atoms with Gasteiger partial charge < -0.3 is 19.5 Å². The number of carbonyl (C=O) groups excluding carboxylic acids is 1. The summed E-state index contributed by atoms with van der Waals surface area (Å²) in [6.07, 6.45) is 0. The number of hydrogen-bond donors (Lipinski definition) is 2. The number of phenols is 1. The standard InChI is InChI=1S/C24H31N3O4/c1-8-31-22-13(2)16-11-27(23(25)20(16)26-14(22)3)12-18(28)15-9-17(24(4,5)6)21(29)19(10-15)30-7/h9-10,25,29H,8,11-12H2,1-7H3. The molecular weight excluding hydrogens is 394 g/mol. The Labute approximate surface area is 183 Å². The minimum absolute atomic E-state index is 0.0369. The van der Waals surface area contributed by atoms with Crippen molar-refractivity contribution in [2.75, 3.05) is 20.3 Å². The van der Waals surface area contributed by atoms with Gasteiger partial charge in [0.05, 0.1) is 26.0 Å². The van der Waals surface area contributed by atoms with Crippen molar-refractivity contribution >= 4 is 11.6 Å². The Bertz CT molecular complexity index is 1050. The first kappa shape index (κ1) is 22.6. The number of aromatic hydroxyl groups is 1. The van der Waals surface area contributed by atoms with Crippen LogP contribution in [0.3, 0.4) is 0 Å². The van der Waals surface area contributed by atoms with E-state index >= 15 is 0 Å². The molecule has 1 aromatic carbocycles. The molecule has 1 aromatic heterocycles. The van der Waals surface area contributed by atoms with Gasteiger partial charge in [-0.3, -0.25) is 10.2 Å². The number of phenolic OH excluding ortho intramolecular Hbond substituents is 1. The third kappa shape index (κ3) is 4.09. The minimum Gasteiger partial charge on any atom is -0.504 e. The lowest BCUT2D eigenvalue weighted by atomic mass is 9.84. The molecule has 2 heterocycles. The molecule has 0 saturated carbocycles. The maximum atomic E-state index is 13.2. The number of fused-ring (bicyclic) bond motifs is 1. The molecule has 0 spiro atoms. The normalized spacial score (nSPS) is 13.4. The van der Waals surface area contributed by atoms with Gasteiger partial charge in [0.15, 0.2) is 17.3 Å². The minimum atomic E-state index is -0.363. The number of pyridine rings is 1. The Balaban J connectivity index is 1.91. The van der Waals surface area contributed by atoms with E-state index in [-0.39, 0.29) is 35.1 Å². The topological polar surface area (TPSA) is 95.7 Å². The predicted molar refractivity (Wildman–Crippen MR) is 120 cm³/mol. The van der Waals surface area contributed by atoms with Crippen molar-refractivity contribution in [3.8, 4) is 17.2 Å². The maximum Gasteiger partial charge on any atom is 0.182 e. The van der Waals surface area contributed by atoms with Crippen LogP contribution in [0.4, 0.5) is 0 Å². The van der Waals surface area contributed by atoms with Gasteiger partial charge >= 0.3 is 0 Å². The number of nitrogens with zero attached hydrogens (tertiary/aromatic N) is 2. The molecule has 0 atom stereocenters. The smallest absolute Gasteiger partial charge is 0.182 e. The summed E-state index contributed by atoms with van der Waals surface area (Å²) in [5, 5.41) is 19.1. The van der Waals surface area contributed by atoms with Gasteiger partial charge in [0.1, 0.15) is 17.3 Å². The molecular formula is C24H31N3O4. The highest BCUT2D eigenvalue weighted by Crippen LogP contribution is 2.39. The van der Waals surface area contributed by atoms with Crippen molar-refractivity contribution in [3.63, 3.8) is 0 Å². The van der Waals surface area contributed by atoms with Crippen LogP contribution in [0.5, 0.6) is 17.2 Å². The number of amidine groups is 1. The highest BCUT2D eigenvalue weighted by Gasteiger charge is 2.32. The van der Waals surface area contributed by atoms with E-state index in [2.05, 4.69) is 4.98 Å². The summed E-state index contributed by atoms with van der Waals surface area (Å²) in [7, 11) is 1.47. The third-order valence-corrected chi connectivity index (χ3v) is 5.62. The molecule has 0 saturated heterocycles. The SMILES string of the molecule is CCOc1c(C)nc2c(c1C)CN(CC(=O)c1cc(OC)c(O)c(C(C)(C)C)c1)C2=N.